The molecule has 1 aromatic carbocycles. The minimum Gasteiger partial charge on any atom is -0.366 e. The highest BCUT2D eigenvalue weighted by molar-refractivity contribution is 5.78. The van der Waals surface area contributed by atoms with Crippen molar-refractivity contribution in [3.8, 4) is 0 Å². The largest absolute Gasteiger partial charge is 0.366 e. The van der Waals surface area contributed by atoms with Crippen molar-refractivity contribution in [3.63, 3.8) is 0 Å². The molecule has 1 N–H and O–H groups in total. The maximum Gasteiger partial charge on any atom is 0.222 e. The zero-order valence-electron chi connectivity index (χ0n) is 15.2. The summed E-state index contributed by atoms with van der Waals surface area (Å²) in [7, 11) is 0. The smallest absolute Gasteiger partial charge is 0.222 e. The van der Waals surface area contributed by atoms with Gasteiger partial charge in [0.1, 0.15) is 5.82 Å². The third kappa shape index (κ3) is 3.03. The van der Waals surface area contributed by atoms with Crippen LogP contribution >= 0.6 is 0 Å². The normalized spacial score (nSPS) is 14.4. The number of hydrogen-bond donors (Lipinski definition) is 1. The number of amides is 1. The minimum absolute atomic E-state index is 0.256. The number of anilines is 1. The Hall–Kier alpha value is -2.89. The first kappa shape index (κ1) is 16.6. The molecule has 3 heterocycles. The summed E-state index contributed by atoms with van der Waals surface area (Å²) in [5.74, 6) is 1.22. The molecule has 6 nitrogen and oxygen atoms in total. The van der Waals surface area contributed by atoms with Gasteiger partial charge in [0.15, 0.2) is 5.65 Å². The van der Waals surface area contributed by atoms with Crippen LogP contribution in [0.4, 0.5) is 5.82 Å². The summed E-state index contributed by atoms with van der Waals surface area (Å²) in [6.45, 7) is 6.29. The highest BCUT2D eigenvalue weighted by atomic mass is 16.2. The standard InChI is InChI=1S/C20H23N5O/c1-14-15(2)23-18-9-10-22-25(18)20(14)21-12-16-6-3-4-7-17(16)13-24-11-5-8-19(24)26/h3-4,6-7,9-10,21H,5,8,11-13H2,1-2H3. The third-order valence-corrected chi connectivity index (χ3v) is 5.11. The van der Waals surface area contributed by atoms with Crippen molar-refractivity contribution in [3.05, 3.63) is 58.9 Å². The molecule has 1 aliphatic heterocycles. The number of rotatable bonds is 5. The lowest BCUT2D eigenvalue weighted by atomic mass is 10.1. The number of aromatic nitrogens is 3. The van der Waals surface area contributed by atoms with Crippen LogP contribution in [0.1, 0.15) is 35.2 Å². The van der Waals surface area contributed by atoms with Crippen LogP contribution in [-0.4, -0.2) is 31.9 Å². The van der Waals surface area contributed by atoms with E-state index in [1.807, 2.05) is 34.5 Å². The van der Waals surface area contributed by atoms with Crippen LogP contribution in [0.2, 0.25) is 0 Å². The third-order valence-electron chi connectivity index (χ3n) is 5.11. The predicted octanol–water partition coefficient (Wildman–Crippen LogP) is 3.08. The lowest BCUT2D eigenvalue weighted by Crippen LogP contribution is -2.24. The summed E-state index contributed by atoms with van der Waals surface area (Å²) in [4.78, 5) is 18.5. The lowest BCUT2D eigenvalue weighted by Gasteiger charge is -2.19. The Balaban J connectivity index is 1.58. The fraction of sp³-hybridized carbons (Fsp3) is 0.350. The van der Waals surface area contributed by atoms with Crippen molar-refractivity contribution in [2.24, 2.45) is 0 Å². The second-order valence-corrected chi connectivity index (χ2v) is 6.81. The van der Waals surface area contributed by atoms with Crippen LogP contribution < -0.4 is 5.32 Å². The van der Waals surface area contributed by atoms with Crippen molar-refractivity contribution in [2.45, 2.75) is 39.8 Å². The Kier molecular flexibility index (Phi) is 4.32. The molecule has 3 aromatic rings. The molecular formula is C20H23N5O. The van der Waals surface area contributed by atoms with Crippen LogP contribution in [0.3, 0.4) is 0 Å². The van der Waals surface area contributed by atoms with Crippen molar-refractivity contribution in [1.29, 1.82) is 0 Å². The molecule has 0 saturated carbocycles. The Labute approximate surface area is 152 Å². The van der Waals surface area contributed by atoms with E-state index in [0.29, 0.717) is 19.5 Å². The molecule has 0 aliphatic carbocycles. The minimum atomic E-state index is 0.256. The summed E-state index contributed by atoms with van der Waals surface area (Å²) in [6.07, 6.45) is 3.40. The van der Waals surface area contributed by atoms with Gasteiger partial charge in [-0.05, 0) is 31.4 Å². The number of nitrogens with one attached hydrogen (secondary N) is 1. The van der Waals surface area contributed by atoms with Crippen molar-refractivity contribution in [1.82, 2.24) is 19.5 Å². The van der Waals surface area contributed by atoms with Crippen molar-refractivity contribution in [2.75, 3.05) is 11.9 Å². The number of nitrogens with zero attached hydrogens (tertiary/aromatic N) is 4. The summed E-state index contributed by atoms with van der Waals surface area (Å²) in [6, 6.07) is 10.2. The molecule has 26 heavy (non-hydrogen) atoms. The van der Waals surface area contributed by atoms with Gasteiger partial charge in [-0.25, -0.2) is 4.98 Å². The van der Waals surface area contributed by atoms with E-state index in [0.717, 1.165) is 35.7 Å². The number of carbonyl (C=O) groups is 1. The summed E-state index contributed by atoms with van der Waals surface area (Å²) < 4.78 is 1.84. The molecule has 6 heteroatoms. The molecule has 0 atom stereocenters. The fourth-order valence-electron chi connectivity index (χ4n) is 3.49. The SMILES string of the molecule is Cc1nc2ccnn2c(NCc2ccccc2CN2CCCC2=O)c1C. The van der Waals surface area contributed by atoms with Gasteiger partial charge >= 0.3 is 0 Å². The monoisotopic (exact) mass is 349 g/mol. The van der Waals surface area contributed by atoms with Crippen molar-refractivity contribution >= 4 is 17.4 Å². The molecule has 1 aliphatic rings. The van der Waals surface area contributed by atoms with E-state index < -0.39 is 0 Å². The zero-order chi connectivity index (χ0) is 18.1. The average molecular weight is 349 g/mol. The van der Waals surface area contributed by atoms with Gasteiger partial charge in [-0.1, -0.05) is 24.3 Å². The van der Waals surface area contributed by atoms with Gasteiger partial charge < -0.3 is 10.2 Å². The number of fused-ring (bicyclic) bond motifs is 1. The van der Waals surface area contributed by atoms with Crippen LogP contribution in [0.15, 0.2) is 36.5 Å². The van der Waals surface area contributed by atoms with Gasteiger partial charge in [0, 0.05) is 43.4 Å². The second kappa shape index (κ2) is 6.78. The van der Waals surface area contributed by atoms with Gasteiger partial charge in [-0.3, -0.25) is 4.79 Å². The van der Waals surface area contributed by atoms with E-state index in [4.69, 9.17) is 0 Å². The molecule has 1 fully saturated rings. The topological polar surface area (TPSA) is 62.5 Å². The Morgan fingerprint density at radius 1 is 1.15 bits per heavy atom. The van der Waals surface area contributed by atoms with E-state index in [-0.39, 0.29) is 5.91 Å². The summed E-state index contributed by atoms with van der Waals surface area (Å²) in [5.41, 5.74) is 5.31. The molecule has 134 valence electrons. The first-order valence-corrected chi connectivity index (χ1v) is 9.03. The van der Waals surface area contributed by atoms with E-state index in [9.17, 15) is 4.79 Å². The zero-order valence-corrected chi connectivity index (χ0v) is 15.2. The molecule has 0 bridgehead atoms. The molecule has 2 aromatic heterocycles. The number of likely N-dealkylation sites (tertiary alicyclic amines) is 1. The van der Waals surface area contributed by atoms with E-state index in [1.54, 1.807) is 6.20 Å². The molecule has 1 saturated heterocycles. The lowest BCUT2D eigenvalue weighted by molar-refractivity contribution is -0.128. The maximum atomic E-state index is 12.0. The van der Waals surface area contributed by atoms with Crippen LogP contribution in [0, 0.1) is 13.8 Å². The first-order valence-electron chi connectivity index (χ1n) is 9.03. The maximum absolute atomic E-state index is 12.0. The Morgan fingerprint density at radius 2 is 1.96 bits per heavy atom. The number of aryl methyl sites for hydroxylation is 1. The number of benzene rings is 1. The predicted molar refractivity (Wildman–Crippen MR) is 101 cm³/mol. The molecule has 1 amide bonds. The summed E-state index contributed by atoms with van der Waals surface area (Å²) in [5, 5.41) is 7.92. The average Bonchev–Trinajstić information content (AvgIpc) is 3.26. The van der Waals surface area contributed by atoms with E-state index in [1.165, 1.54) is 11.1 Å². The van der Waals surface area contributed by atoms with Gasteiger partial charge in [0.05, 0.1) is 6.20 Å². The van der Waals surface area contributed by atoms with Gasteiger partial charge in [0.2, 0.25) is 5.91 Å². The number of hydrogen-bond acceptors (Lipinski definition) is 4. The molecule has 0 spiro atoms. The van der Waals surface area contributed by atoms with Crippen LogP contribution in [0.5, 0.6) is 0 Å². The van der Waals surface area contributed by atoms with Gasteiger partial charge in [0.25, 0.3) is 0 Å². The Morgan fingerprint density at radius 3 is 2.73 bits per heavy atom. The summed E-state index contributed by atoms with van der Waals surface area (Å²) >= 11 is 0. The molecule has 4 rings (SSSR count). The van der Waals surface area contributed by atoms with Gasteiger partial charge in [-0.15, -0.1) is 0 Å². The van der Waals surface area contributed by atoms with Crippen LogP contribution in [0.25, 0.3) is 5.65 Å². The van der Waals surface area contributed by atoms with Gasteiger partial charge in [-0.2, -0.15) is 9.61 Å². The fourth-order valence-corrected chi connectivity index (χ4v) is 3.49. The van der Waals surface area contributed by atoms with E-state index in [2.05, 4.69) is 34.5 Å². The first-order chi connectivity index (χ1) is 12.6. The molecule has 0 unspecified atom stereocenters. The van der Waals surface area contributed by atoms with E-state index >= 15 is 0 Å². The van der Waals surface area contributed by atoms with Crippen LogP contribution in [-0.2, 0) is 17.9 Å². The molecule has 0 radical (unpaired) electrons. The number of carbonyl (C=O) groups excluding carboxylic acids is 1. The molecular weight excluding hydrogens is 326 g/mol. The highest BCUT2D eigenvalue weighted by Gasteiger charge is 2.21. The quantitative estimate of drug-likeness (QED) is 0.769. The highest BCUT2D eigenvalue weighted by Crippen LogP contribution is 2.21. The Bertz CT molecular complexity index is 962. The van der Waals surface area contributed by atoms with Crippen molar-refractivity contribution < 1.29 is 4.79 Å². The second-order valence-electron chi connectivity index (χ2n) is 6.81.